The third-order valence-electron chi connectivity index (χ3n) is 7.45. The number of rotatable bonds is 3. The van der Waals surface area contributed by atoms with Gasteiger partial charge in [0.2, 0.25) is 5.91 Å². The van der Waals surface area contributed by atoms with Gasteiger partial charge in [-0.15, -0.1) is 0 Å². The van der Waals surface area contributed by atoms with Crippen LogP contribution in [0.3, 0.4) is 0 Å². The largest absolute Gasteiger partial charge is 0.465 e. The van der Waals surface area contributed by atoms with Crippen molar-refractivity contribution in [3.8, 4) is 0 Å². The number of carbonyl (C=O) groups is 3. The summed E-state index contributed by atoms with van der Waals surface area (Å²) < 4.78 is 11.9. The lowest BCUT2D eigenvalue weighted by Gasteiger charge is -2.37. The molecule has 2 fully saturated rings. The lowest BCUT2D eigenvalue weighted by atomic mass is 9.77. The summed E-state index contributed by atoms with van der Waals surface area (Å²) in [7, 11) is 0. The van der Waals surface area contributed by atoms with Gasteiger partial charge in [0.15, 0.2) is 0 Å². The number of anilines is 1. The van der Waals surface area contributed by atoms with Crippen molar-refractivity contribution in [1.82, 2.24) is 4.90 Å². The Bertz CT molecular complexity index is 1100. The molecule has 4 aliphatic rings. The van der Waals surface area contributed by atoms with Crippen LogP contribution < -0.4 is 4.90 Å². The first kappa shape index (κ1) is 22.8. The highest BCUT2D eigenvalue weighted by atomic mass is 16.6. The number of aliphatic hydroxyl groups excluding tert-OH is 1. The maximum Gasteiger partial charge on any atom is 0.312 e. The summed E-state index contributed by atoms with van der Waals surface area (Å²) in [5.41, 5.74) is 1.39. The highest BCUT2D eigenvalue weighted by Gasteiger charge is 2.72. The molecule has 180 valence electrons. The predicted octanol–water partition coefficient (Wildman–Crippen LogP) is 1.67. The molecule has 1 unspecified atom stereocenters. The van der Waals surface area contributed by atoms with Crippen molar-refractivity contribution in [2.45, 2.75) is 51.0 Å². The number of aryl methyl sites for hydroxylation is 2. The van der Waals surface area contributed by atoms with Gasteiger partial charge in [-0.25, -0.2) is 0 Å². The summed E-state index contributed by atoms with van der Waals surface area (Å²) in [6, 6.07) is 4.27. The molecule has 6 atom stereocenters. The molecule has 0 bridgehead atoms. The first-order chi connectivity index (χ1) is 16.3. The highest BCUT2D eigenvalue weighted by molar-refractivity contribution is 6.06. The summed E-state index contributed by atoms with van der Waals surface area (Å²) in [6.07, 6.45) is 7.24. The van der Waals surface area contributed by atoms with Gasteiger partial charge in [-0.2, -0.15) is 0 Å². The number of aliphatic hydroxyl groups is 1. The summed E-state index contributed by atoms with van der Waals surface area (Å²) in [4.78, 5) is 44.2. The monoisotopic (exact) mass is 466 g/mol. The van der Waals surface area contributed by atoms with E-state index in [1.807, 2.05) is 50.3 Å². The second kappa shape index (κ2) is 8.36. The lowest BCUT2D eigenvalue weighted by molar-refractivity contribution is -0.155. The van der Waals surface area contributed by atoms with E-state index in [2.05, 4.69) is 0 Å². The zero-order chi connectivity index (χ0) is 24.2. The van der Waals surface area contributed by atoms with Crippen molar-refractivity contribution in [3.05, 3.63) is 53.6 Å². The van der Waals surface area contributed by atoms with E-state index in [9.17, 15) is 19.5 Å². The average Bonchev–Trinajstić information content (AvgIpc) is 3.19. The van der Waals surface area contributed by atoms with E-state index in [1.54, 1.807) is 17.9 Å². The summed E-state index contributed by atoms with van der Waals surface area (Å²) in [5.74, 6) is -2.91. The molecule has 34 heavy (non-hydrogen) atoms. The maximum atomic E-state index is 14.2. The number of ether oxygens (including phenoxy) is 2. The minimum Gasteiger partial charge on any atom is -0.465 e. The molecule has 1 N–H and O–H groups in total. The van der Waals surface area contributed by atoms with E-state index in [0.29, 0.717) is 13.0 Å². The van der Waals surface area contributed by atoms with Gasteiger partial charge in [0.25, 0.3) is 5.91 Å². The molecular formula is C26H30N2O6. The number of nitrogens with zero attached hydrogens (tertiary/aromatic N) is 2. The fraction of sp³-hybridized carbons (Fsp3) is 0.500. The van der Waals surface area contributed by atoms with Gasteiger partial charge in [-0.3, -0.25) is 14.4 Å². The molecule has 0 aromatic heterocycles. The van der Waals surface area contributed by atoms with Crippen LogP contribution in [0.25, 0.3) is 0 Å². The van der Waals surface area contributed by atoms with Gasteiger partial charge in [0.05, 0.1) is 31.3 Å². The number of fused-ring (bicyclic) bond motifs is 2. The number of hydrogen-bond acceptors (Lipinski definition) is 6. The summed E-state index contributed by atoms with van der Waals surface area (Å²) >= 11 is 0. The molecule has 1 spiro atoms. The van der Waals surface area contributed by atoms with Crippen LogP contribution in [-0.4, -0.2) is 71.3 Å². The van der Waals surface area contributed by atoms with Crippen molar-refractivity contribution in [2.75, 3.05) is 24.7 Å². The van der Waals surface area contributed by atoms with Gasteiger partial charge < -0.3 is 24.4 Å². The number of amides is 2. The van der Waals surface area contributed by atoms with E-state index >= 15 is 0 Å². The zero-order valence-corrected chi connectivity index (χ0v) is 19.6. The van der Waals surface area contributed by atoms with Crippen LogP contribution >= 0.6 is 0 Å². The Hall–Kier alpha value is -2.97. The van der Waals surface area contributed by atoms with Crippen LogP contribution in [-0.2, 0) is 23.9 Å². The van der Waals surface area contributed by atoms with Crippen molar-refractivity contribution >= 4 is 23.5 Å². The minimum absolute atomic E-state index is 0.238. The van der Waals surface area contributed by atoms with E-state index in [1.165, 1.54) is 4.90 Å². The Balaban J connectivity index is 1.66. The first-order valence-electron chi connectivity index (χ1n) is 11.8. The first-order valence-corrected chi connectivity index (χ1v) is 11.8. The van der Waals surface area contributed by atoms with Crippen LogP contribution in [0.15, 0.2) is 42.5 Å². The molecule has 8 heteroatoms. The molecule has 2 amide bonds. The van der Waals surface area contributed by atoms with Gasteiger partial charge in [0.1, 0.15) is 17.6 Å². The zero-order valence-electron chi connectivity index (χ0n) is 19.6. The van der Waals surface area contributed by atoms with Gasteiger partial charge in [0, 0.05) is 12.2 Å². The standard InChI is InChI=1S/C26H30N2O6/c1-15-8-9-16(2)18(13-15)27-11-6-10-26-21(20-19(34-26)7-4-5-12-33-25(20)32)23(30)28(17(3)14-29)22(26)24(27)31/h4,6-10,13,17,19-22,29H,5,11-12,14H2,1-3H3/t17-,19-,20+,21+,22?,26+/m1/s1. The van der Waals surface area contributed by atoms with Gasteiger partial charge >= 0.3 is 5.97 Å². The van der Waals surface area contributed by atoms with E-state index < -0.39 is 41.6 Å². The number of carbonyl (C=O) groups excluding carboxylic acids is 3. The average molecular weight is 467 g/mol. The van der Waals surface area contributed by atoms with Crippen molar-refractivity contribution < 1.29 is 29.0 Å². The second-order valence-electron chi connectivity index (χ2n) is 9.64. The van der Waals surface area contributed by atoms with Crippen molar-refractivity contribution in [2.24, 2.45) is 11.8 Å². The molecule has 0 radical (unpaired) electrons. The number of cyclic esters (lactones) is 1. The maximum absolute atomic E-state index is 14.2. The summed E-state index contributed by atoms with van der Waals surface area (Å²) in [6.45, 7) is 5.84. The normalized spacial score (nSPS) is 33.6. The number of esters is 1. The second-order valence-corrected chi connectivity index (χ2v) is 9.64. The molecule has 5 rings (SSSR count). The molecule has 1 aromatic carbocycles. The number of hydrogen-bond donors (Lipinski definition) is 1. The van der Waals surface area contributed by atoms with Crippen molar-refractivity contribution in [3.63, 3.8) is 0 Å². The highest BCUT2D eigenvalue weighted by Crippen LogP contribution is 2.53. The van der Waals surface area contributed by atoms with Crippen LogP contribution in [0.4, 0.5) is 5.69 Å². The Morgan fingerprint density at radius 3 is 2.74 bits per heavy atom. The molecule has 0 saturated carbocycles. The number of benzene rings is 1. The van der Waals surface area contributed by atoms with Crippen LogP contribution in [0.5, 0.6) is 0 Å². The SMILES string of the molecule is Cc1ccc(C)c(N2CC=C[C@]34O[C@@H]5C=CCCOC(=O)[C@@H]5[C@H]3C(=O)N([C@H](C)CO)C4C2=O)c1. The molecule has 8 nitrogen and oxygen atoms in total. The van der Waals surface area contributed by atoms with Gasteiger partial charge in [-0.05, 0) is 44.4 Å². The van der Waals surface area contributed by atoms with Gasteiger partial charge in [-0.1, -0.05) is 36.4 Å². The van der Waals surface area contributed by atoms with Crippen molar-refractivity contribution in [1.29, 1.82) is 0 Å². The third kappa shape index (κ3) is 3.23. The molecule has 0 aliphatic carbocycles. The quantitative estimate of drug-likeness (QED) is 0.538. The Morgan fingerprint density at radius 2 is 1.97 bits per heavy atom. The smallest absolute Gasteiger partial charge is 0.312 e. The predicted molar refractivity (Wildman–Crippen MR) is 124 cm³/mol. The Morgan fingerprint density at radius 1 is 1.18 bits per heavy atom. The van der Waals surface area contributed by atoms with Crippen LogP contribution in [0.1, 0.15) is 24.5 Å². The summed E-state index contributed by atoms with van der Waals surface area (Å²) in [5, 5.41) is 9.97. The molecular weight excluding hydrogens is 436 g/mol. The lowest BCUT2D eigenvalue weighted by Crippen LogP contribution is -2.57. The fourth-order valence-electron chi connectivity index (χ4n) is 5.84. The van der Waals surface area contributed by atoms with E-state index in [-0.39, 0.29) is 25.0 Å². The van der Waals surface area contributed by atoms with Crippen LogP contribution in [0.2, 0.25) is 0 Å². The Labute approximate surface area is 198 Å². The molecule has 4 heterocycles. The minimum atomic E-state index is -1.33. The molecule has 4 aliphatic heterocycles. The topological polar surface area (TPSA) is 96.4 Å². The van der Waals surface area contributed by atoms with Crippen LogP contribution in [0, 0.1) is 25.7 Å². The third-order valence-corrected chi connectivity index (χ3v) is 7.45. The molecule has 1 aromatic rings. The number of likely N-dealkylation sites (tertiary alicyclic amines) is 1. The van der Waals surface area contributed by atoms with E-state index in [0.717, 1.165) is 16.8 Å². The molecule has 2 saturated heterocycles. The fourth-order valence-corrected chi connectivity index (χ4v) is 5.84. The Kier molecular flexibility index (Phi) is 5.61. The van der Waals surface area contributed by atoms with E-state index in [4.69, 9.17) is 9.47 Å².